The summed E-state index contributed by atoms with van der Waals surface area (Å²) in [4.78, 5) is 10.9. The quantitative estimate of drug-likeness (QED) is 0.727. The van der Waals surface area contributed by atoms with Gasteiger partial charge in [0.05, 0.1) is 12.8 Å². The molecule has 0 aromatic rings. The van der Waals surface area contributed by atoms with E-state index in [9.17, 15) is 18.0 Å². The lowest BCUT2D eigenvalue weighted by Gasteiger charge is -2.36. The van der Waals surface area contributed by atoms with Crippen LogP contribution in [-0.2, 0) is 4.79 Å². The second kappa shape index (κ2) is 6.41. The smallest absolute Gasteiger partial charge is 0.390 e. The SMILES string of the molecule is O=C(O)CC1(CNCCC(F)(F)F)CCCCC1. The second-order valence-corrected chi connectivity index (χ2v) is 5.17. The van der Waals surface area contributed by atoms with E-state index in [0.717, 1.165) is 32.1 Å². The zero-order valence-electron chi connectivity index (χ0n) is 10.4. The van der Waals surface area contributed by atoms with E-state index in [2.05, 4.69) is 5.32 Å². The maximum absolute atomic E-state index is 12.0. The van der Waals surface area contributed by atoms with Gasteiger partial charge in [0.2, 0.25) is 0 Å². The molecule has 0 aromatic carbocycles. The molecule has 0 aliphatic heterocycles. The standard InChI is InChI=1S/C12H20F3NO2/c13-12(14,15)6-7-16-9-11(8-10(17)18)4-2-1-3-5-11/h16H,1-9H2,(H,17,18). The molecule has 0 spiro atoms. The third-order valence-corrected chi connectivity index (χ3v) is 3.53. The molecule has 0 saturated heterocycles. The molecule has 1 rings (SSSR count). The van der Waals surface area contributed by atoms with Crippen molar-refractivity contribution in [2.45, 2.75) is 51.1 Å². The third kappa shape index (κ3) is 5.71. The van der Waals surface area contributed by atoms with Crippen LogP contribution >= 0.6 is 0 Å². The Bertz CT molecular complexity index is 273. The van der Waals surface area contributed by atoms with Crippen molar-refractivity contribution in [2.24, 2.45) is 5.41 Å². The Morgan fingerprint density at radius 2 is 1.83 bits per heavy atom. The number of rotatable bonds is 6. The average Bonchev–Trinajstić information content (AvgIpc) is 2.24. The summed E-state index contributed by atoms with van der Waals surface area (Å²) in [6, 6.07) is 0. The molecule has 6 heteroatoms. The lowest BCUT2D eigenvalue weighted by molar-refractivity contribution is -0.141. The van der Waals surface area contributed by atoms with Crippen molar-refractivity contribution in [1.29, 1.82) is 0 Å². The van der Waals surface area contributed by atoms with Gasteiger partial charge in [0.25, 0.3) is 0 Å². The van der Waals surface area contributed by atoms with Crippen molar-refractivity contribution >= 4 is 5.97 Å². The average molecular weight is 267 g/mol. The van der Waals surface area contributed by atoms with E-state index < -0.39 is 18.6 Å². The number of carboxylic acid groups (broad SMARTS) is 1. The van der Waals surface area contributed by atoms with Crippen LogP contribution < -0.4 is 5.32 Å². The third-order valence-electron chi connectivity index (χ3n) is 3.53. The van der Waals surface area contributed by atoms with Crippen LogP contribution in [0.3, 0.4) is 0 Å². The largest absolute Gasteiger partial charge is 0.481 e. The Labute approximate surface area is 105 Å². The molecule has 1 aliphatic rings. The Hall–Kier alpha value is -0.780. The minimum Gasteiger partial charge on any atom is -0.481 e. The number of alkyl halides is 3. The Kier molecular flexibility index (Phi) is 5.44. The van der Waals surface area contributed by atoms with Gasteiger partial charge in [0, 0.05) is 13.1 Å². The van der Waals surface area contributed by atoms with E-state index in [1.165, 1.54) is 0 Å². The van der Waals surface area contributed by atoms with Crippen LogP contribution in [0.25, 0.3) is 0 Å². The minimum absolute atomic E-state index is 0.0476. The minimum atomic E-state index is -4.15. The van der Waals surface area contributed by atoms with Crippen LogP contribution in [0.4, 0.5) is 13.2 Å². The van der Waals surface area contributed by atoms with Crippen LogP contribution in [-0.4, -0.2) is 30.3 Å². The fraction of sp³-hybridized carbons (Fsp3) is 0.917. The monoisotopic (exact) mass is 267 g/mol. The number of nitrogens with one attached hydrogen (secondary N) is 1. The van der Waals surface area contributed by atoms with Crippen molar-refractivity contribution in [2.75, 3.05) is 13.1 Å². The van der Waals surface area contributed by atoms with Crippen molar-refractivity contribution in [3.8, 4) is 0 Å². The Morgan fingerprint density at radius 3 is 2.33 bits per heavy atom. The zero-order valence-corrected chi connectivity index (χ0v) is 10.4. The predicted molar refractivity (Wildman–Crippen MR) is 61.3 cm³/mol. The van der Waals surface area contributed by atoms with Gasteiger partial charge in [-0.15, -0.1) is 0 Å². The van der Waals surface area contributed by atoms with Crippen LogP contribution in [0.1, 0.15) is 44.9 Å². The van der Waals surface area contributed by atoms with Crippen LogP contribution in [0, 0.1) is 5.41 Å². The number of hydrogen-bond acceptors (Lipinski definition) is 2. The topological polar surface area (TPSA) is 49.3 Å². The molecule has 0 radical (unpaired) electrons. The molecule has 0 bridgehead atoms. The first-order valence-corrected chi connectivity index (χ1v) is 6.32. The number of hydrogen-bond donors (Lipinski definition) is 2. The fourth-order valence-corrected chi connectivity index (χ4v) is 2.62. The van der Waals surface area contributed by atoms with Gasteiger partial charge in [0.15, 0.2) is 0 Å². The maximum Gasteiger partial charge on any atom is 0.390 e. The first-order valence-electron chi connectivity index (χ1n) is 6.32. The normalized spacial score (nSPS) is 19.7. The molecular weight excluding hydrogens is 247 g/mol. The number of carboxylic acids is 1. The summed E-state index contributed by atoms with van der Waals surface area (Å²) in [6.07, 6.45) is -0.370. The van der Waals surface area contributed by atoms with Crippen molar-refractivity contribution < 1.29 is 23.1 Å². The summed E-state index contributed by atoms with van der Waals surface area (Å²) in [5, 5.41) is 11.7. The van der Waals surface area contributed by atoms with Gasteiger partial charge in [-0.2, -0.15) is 13.2 Å². The first-order chi connectivity index (χ1) is 8.33. The molecule has 1 aliphatic carbocycles. The molecule has 1 saturated carbocycles. The highest BCUT2D eigenvalue weighted by molar-refractivity contribution is 5.67. The molecule has 0 aromatic heterocycles. The Morgan fingerprint density at radius 1 is 1.22 bits per heavy atom. The summed E-state index contributed by atoms with van der Waals surface area (Å²) in [6.45, 7) is 0.236. The highest BCUT2D eigenvalue weighted by Crippen LogP contribution is 2.38. The van der Waals surface area contributed by atoms with Crippen LogP contribution in [0.2, 0.25) is 0 Å². The van der Waals surface area contributed by atoms with E-state index in [1.54, 1.807) is 0 Å². The van der Waals surface area contributed by atoms with E-state index in [4.69, 9.17) is 5.11 Å². The first kappa shape index (κ1) is 15.3. The molecule has 0 heterocycles. The molecule has 18 heavy (non-hydrogen) atoms. The maximum atomic E-state index is 12.0. The molecule has 3 nitrogen and oxygen atoms in total. The van der Waals surface area contributed by atoms with Gasteiger partial charge < -0.3 is 10.4 Å². The molecule has 0 atom stereocenters. The summed E-state index contributed by atoms with van der Waals surface area (Å²) < 4.78 is 36.0. The van der Waals surface area contributed by atoms with Gasteiger partial charge in [-0.1, -0.05) is 19.3 Å². The number of aliphatic carboxylic acids is 1. The molecule has 106 valence electrons. The van der Waals surface area contributed by atoms with E-state index in [0.29, 0.717) is 6.54 Å². The second-order valence-electron chi connectivity index (χ2n) is 5.17. The van der Waals surface area contributed by atoms with E-state index >= 15 is 0 Å². The van der Waals surface area contributed by atoms with Gasteiger partial charge >= 0.3 is 12.1 Å². The molecule has 2 N–H and O–H groups in total. The van der Waals surface area contributed by atoms with Gasteiger partial charge in [0.1, 0.15) is 0 Å². The van der Waals surface area contributed by atoms with Gasteiger partial charge in [-0.25, -0.2) is 0 Å². The summed E-state index contributed by atoms with van der Waals surface area (Å²) >= 11 is 0. The number of carbonyl (C=O) groups is 1. The van der Waals surface area contributed by atoms with Crippen molar-refractivity contribution in [3.05, 3.63) is 0 Å². The highest BCUT2D eigenvalue weighted by atomic mass is 19.4. The lowest BCUT2D eigenvalue weighted by atomic mass is 9.71. The molecular formula is C12H20F3NO2. The molecule has 1 fully saturated rings. The van der Waals surface area contributed by atoms with Gasteiger partial charge in [-0.3, -0.25) is 4.79 Å². The van der Waals surface area contributed by atoms with Crippen molar-refractivity contribution in [3.63, 3.8) is 0 Å². The Balaban J connectivity index is 2.39. The predicted octanol–water partition coefficient (Wildman–Crippen LogP) is 2.95. The lowest BCUT2D eigenvalue weighted by Crippen LogP contribution is -2.39. The number of halogens is 3. The van der Waals surface area contributed by atoms with E-state index in [-0.39, 0.29) is 18.4 Å². The fourth-order valence-electron chi connectivity index (χ4n) is 2.62. The van der Waals surface area contributed by atoms with Crippen LogP contribution in [0.15, 0.2) is 0 Å². The van der Waals surface area contributed by atoms with Gasteiger partial charge in [-0.05, 0) is 18.3 Å². The summed E-state index contributed by atoms with van der Waals surface area (Å²) in [5.41, 5.74) is -0.352. The highest BCUT2D eigenvalue weighted by Gasteiger charge is 2.34. The van der Waals surface area contributed by atoms with Crippen LogP contribution in [0.5, 0.6) is 0 Å². The zero-order chi connectivity index (χ0) is 13.6. The summed E-state index contributed by atoms with van der Waals surface area (Å²) in [7, 11) is 0. The molecule has 0 amide bonds. The summed E-state index contributed by atoms with van der Waals surface area (Å²) in [5.74, 6) is -0.866. The van der Waals surface area contributed by atoms with E-state index in [1.807, 2.05) is 0 Å². The van der Waals surface area contributed by atoms with Crippen molar-refractivity contribution in [1.82, 2.24) is 5.32 Å². The molecule has 0 unspecified atom stereocenters.